The average Bonchev–Trinajstić information content (AvgIpc) is 2.59. The number of carbonyl (C=O) groups excluding carboxylic acids is 2. The van der Waals surface area contributed by atoms with Crippen molar-refractivity contribution in [1.82, 2.24) is 10.4 Å². The summed E-state index contributed by atoms with van der Waals surface area (Å²) in [5.74, 6) is 0. The lowest BCUT2D eigenvalue weighted by Crippen LogP contribution is -2.48. The molecule has 6 nitrogen and oxygen atoms in total. The number of carbonyl (C=O) groups is 2. The van der Waals surface area contributed by atoms with Crippen LogP contribution in [0.4, 0.5) is 9.59 Å². The molecule has 0 spiro atoms. The van der Waals surface area contributed by atoms with Crippen molar-refractivity contribution in [1.29, 1.82) is 0 Å². The number of benzene rings is 2. The smallest absolute Gasteiger partial charge is 0.429 e. The van der Waals surface area contributed by atoms with E-state index in [2.05, 4.69) is 5.43 Å². The molecule has 0 heterocycles. The summed E-state index contributed by atoms with van der Waals surface area (Å²) in [6.45, 7) is 5.66. The van der Waals surface area contributed by atoms with Crippen LogP contribution in [0.25, 0.3) is 10.8 Å². The van der Waals surface area contributed by atoms with Crippen molar-refractivity contribution in [3.63, 3.8) is 0 Å². The Hall–Kier alpha value is -2.76. The van der Waals surface area contributed by atoms with E-state index < -0.39 is 18.2 Å². The van der Waals surface area contributed by atoms with Gasteiger partial charge >= 0.3 is 12.2 Å². The number of nitrogens with zero attached hydrogens (tertiary/aromatic N) is 1. The van der Waals surface area contributed by atoms with Gasteiger partial charge in [-0.3, -0.25) is 0 Å². The number of rotatable bonds is 4. The van der Waals surface area contributed by atoms with Gasteiger partial charge in [-0.1, -0.05) is 42.5 Å². The highest BCUT2D eigenvalue weighted by Crippen LogP contribution is 2.27. The molecule has 2 aromatic rings. The van der Waals surface area contributed by atoms with Crippen LogP contribution in [-0.2, 0) is 9.47 Å². The summed E-state index contributed by atoms with van der Waals surface area (Å²) in [7, 11) is 0. The Morgan fingerprint density at radius 1 is 1.04 bits per heavy atom. The Morgan fingerprint density at radius 3 is 2.42 bits per heavy atom. The molecule has 1 unspecified atom stereocenters. The molecule has 1 N–H and O–H groups in total. The van der Waals surface area contributed by atoms with Gasteiger partial charge in [-0.15, -0.1) is 0 Å². The lowest BCUT2D eigenvalue weighted by molar-refractivity contribution is 0.0585. The van der Waals surface area contributed by atoms with Crippen molar-refractivity contribution in [3.05, 3.63) is 48.0 Å². The maximum Gasteiger partial charge on any atom is 0.429 e. The molecule has 0 radical (unpaired) electrons. The van der Waals surface area contributed by atoms with E-state index in [0.717, 1.165) is 21.3 Å². The normalized spacial score (nSPS) is 11.6. The second kappa shape index (κ2) is 8.19. The fourth-order valence-electron chi connectivity index (χ4n) is 2.51. The number of hydrogen-bond donors (Lipinski definition) is 1. The van der Waals surface area contributed by atoms with Gasteiger partial charge in [-0.2, -0.15) is 0 Å². The van der Waals surface area contributed by atoms with Crippen LogP contribution in [-0.4, -0.2) is 30.4 Å². The predicted molar refractivity (Wildman–Crippen MR) is 91.4 cm³/mol. The first kappa shape index (κ1) is 17.6. The third-order valence-electron chi connectivity index (χ3n) is 3.61. The van der Waals surface area contributed by atoms with E-state index in [1.54, 1.807) is 13.8 Å². The van der Waals surface area contributed by atoms with E-state index in [-0.39, 0.29) is 13.2 Å². The molecule has 24 heavy (non-hydrogen) atoms. The zero-order chi connectivity index (χ0) is 17.5. The average molecular weight is 330 g/mol. The second-order valence-corrected chi connectivity index (χ2v) is 5.15. The first-order chi connectivity index (χ1) is 11.6. The van der Waals surface area contributed by atoms with Crippen molar-refractivity contribution >= 4 is 23.0 Å². The predicted octanol–water partition coefficient (Wildman–Crippen LogP) is 4.02. The largest absolute Gasteiger partial charge is 0.449 e. The number of nitrogens with one attached hydrogen (secondary N) is 1. The molecule has 0 saturated heterocycles. The number of fused-ring (bicyclic) bond motifs is 1. The molecule has 6 heteroatoms. The van der Waals surface area contributed by atoms with E-state index in [1.807, 2.05) is 49.4 Å². The molecule has 0 saturated carbocycles. The Kier molecular flexibility index (Phi) is 6.01. The molecule has 0 aliphatic carbocycles. The van der Waals surface area contributed by atoms with Crippen LogP contribution in [0.5, 0.6) is 0 Å². The summed E-state index contributed by atoms with van der Waals surface area (Å²) in [6.07, 6.45) is -1.33. The summed E-state index contributed by atoms with van der Waals surface area (Å²) < 4.78 is 9.93. The summed E-state index contributed by atoms with van der Waals surface area (Å²) in [6, 6.07) is 13.3. The number of hydrazine groups is 1. The molecule has 2 amide bonds. The van der Waals surface area contributed by atoms with Crippen LogP contribution < -0.4 is 5.43 Å². The van der Waals surface area contributed by atoms with Crippen molar-refractivity contribution < 1.29 is 19.1 Å². The van der Waals surface area contributed by atoms with E-state index in [9.17, 15) is 9.59 Å². The van der Waals surface area contributed by atoms with Gasteiger partial charge in [0.05, 0.1) is 19.3 Å². The maximum atomic E-state index is 12.3. The topological polar surface area (TPSA) is 67.9 Å². The lowest BCUT2D eigenvalue weighted by Gasteiger charge is -2.29. The molecular weight excluding hydrogens is 308 g/mol. The highest BCUT2D eigenvalue weighted by Gasteiger charge is 2.26. The quantitative estimate of drug-likeness (QED) is 0.860. The third kappa shape index (κ3) is 3.95. The van der Waals surface area contributed by atoms with Gasteiger partial charge in [0.15, 0.2) is 0 Å². The van der Waals surface area contributed by atoms with E-state index in [0.29, 0.717) is 0 Å². The summed E-state index contributed by atoms with van der Waals surface area (Å²) in [5.41, 5.74) is 3.36. The Balaban J connectivity index is 2.36. The molecule has 0 aliphatic heterocycles. The minimum Gasteiger partial charge on any atom is -0.449 e. The molecule has 0 bridgehead atoms. The Bertz CT molecular complexity index is 712. The van der Waals surface area contributed by atoms with Crippen LogP contribution in [0.2, 0.25) is 0 Å². The summed E-state index contributed by atoms with van der Waals surface area (Å²) in [5, 5.41) is 3.22. The monoisotopic (exact) mass is 330 g/mol. The van der Waals surface area contributed by atoms with Gasteiger partial charge < -0.3 is 9.47 Å². The number of hydrogen-bond acceptors (Lipinski definition) is 4. The van der Waals surface area contributed by atoms with Gasteiger partial charge in [-0.05, 0) is 37.1 Å². The minimum absolute atomic E-state index is 0.210. The van der Waals surface area contributed by atoms with Crippen LogP contribution in [0.3, 0.4) is 0 Å². The van der Waals surface area contributed by atoms with E-state index >= 15 is 0 Å². The molecule has 128 valence electrons. The number of ether oxygens (including phenoxy) is 2. The van der Waals surface area contributed by atoms with Gasteiger partial charge in [0.25, 0.3) is 0 Å². The van der Waals surface area contributed by atoms with Crippen molar-refractivity contribution in [2.75, 3.05) is 13.2 Å². The Labute approximate surface area is 141 Å². The second-order valence-electron chi connectivity index (χ2n) is 5.15. The zero-order valence-electron chi connectivity index (χ0n) is 14.1. The molecular formula is C18H22N2O4. The van der Waals surface area contributed by atoms with Crippen LogP contribution in [0, 0.1) is 0 Å². The van der Waals surface area contributed by atoms with Crippen molar-refractivity contribution in [2.24, 2.45) is 0 Å². The molecule has 2 rings (SSSR count). The molecule has 1 atom stereocenters. The standard InChI is InChI=1S/C18H22N2O4/c1-4-23-17(21)19-20(18(22)24-5-2)13(3)15-12-8-10-14-9-6-7-11-16(14)15/h6-13H,4-5H2,1-3H3,(H,19,21). The molecule has 0 fully saturated rings. The Morgan fingerprint density at radius 2 is 1.71 bits per heavy atom. The maximum absolute atomic E-state index is 12.3. The van der Waals surface area contributed by atoms with Crippen LogP contribution >= 0.6 is 0 Å². The SMILES string of the molecule is CCOC(=O)NN(C(=O)OCC)C(C)c1cccc2ccccc12. The van der Waals surface area contributed by atoms with Crippen LogP contribution in [0.15, 0.2) is 42.5 Å². The lowest BCUT2D eigenvalue weighted by atomic mass is 9.99. The molecule has 0 aromatic heterocycles. The fourth-order valence-corrected chi connectivity index (χ4v) is 2.51. The zero-order valence-corrected chi connectivity index (χ0v) is 14.1. The van der Waals surface area contributed by atoms with Crippen LogP contribution in [0.1, 0.15) is 32.4 Å². The molecule has 0 aliphatic rings. The van der Waals surface area contributed by atoms with E-state index in [1.165, 1.54) is 0 Å². The van der Waals surface area contributed by atoms with Gasteiger partial charge in [0.2, 0.25) is 0 Å². The first-order valence-corrected chi connectivity index (χ1v) is 7.95. The fraction of sp³-hybridized carbons (Fsp3) is 0.333. The third-order valence-corrected chi connectivity index (χ3v) is 3.61. The summed E-state index contributed by atoms with van der Waals surface area (Å²) in [4.78, 5) is 24.0. The van der Waals surface area contributed by atoms with Crippen molar-refractivity contribution in [2.45, 2.75) is 26.8 Å². The van der Waals surface area contributed by atoms with E-state index in [4.69, 9.17) is 9.47 Å². The number of amides is 2. The molecule has 2 aromatic carbocycles. The van der Waals surface area contributed by atoms with Crippen molar-refractivity contribution in [3.8, 4) is 0 Å². The van der Waals surface area contributed by atoms with Gasteiger partial charge in [-0.25, -0.2) is 20.0 Å². The van der Waals surface area contributed by atoms with Gasteiger partial charge in [0, 0.05) is 0 Å². The first-order valence-electron chi connectivity index (χ1n) is 7.95. The highest BCUT2D eigenvalue weighted by molar-refractivity contribution is 5.86. The summed E-state index contributed by atoms with van der Waals surface area (Å²) >= 11 is 0. The highest BCUT2D eigenvalue weighted by atomic mass is 16.6. The minimum atomic E-state index is -0.697. The van der Waals surface area contributed by atoms with Gasteiger partial charge in [0.1, 0.15) is 0 Å².